The van der Waals surface area contributed by atoms with E-state index in [1.165, 1.54) is 23.3 Å². The number of hydrogen-bond donors (Lipinski definition) is 1. The molecule has 0 aromatic heterocycles. The van der Waals surface area contributed by atoms with Crippen LogP contribution in [-0.4, -0.2) is 13.1 Å². The van der Waals surface area contributed by atoms with Gasteiger partial charge >= 0.3 is 0 Å². The summed E-state index contributed by atoms with van der Waals surface area (Å²) in [6.07, 6.45) is 0.930. The van der Waals surface area contributed by atoms with E-state index in [2.05, 4.69) is 49.5 Å². The van der Waals surface area contributed by atoms with Crippen molar-refractivity contribution in [2.45, 2.75) is 26.2 Å². The Balaban J connectivity index is 1.81. The Kier molecular flexibility index (Phi) is 5.94. The van der Waals surface area contributed by atoms with Crippen LogP contribution in [0.25, 0.3) is 0 Å². The maximum atomic E-state index is 12.8. The van der Waals surface area contributed by atoms with Gasteiger partial charge in [0.2, 0.25) is 0 Å². The van der Waals surface area contributed by atoms with Crippen LogP contribution in [-0.2, 0) is 6.42 Å². The fraction of sp³-hybridized carbons (Fsp3) is 0.368. The monoisotopic (exact) mass is 285 g/mol. The fourth-order valence-electron chi connectivity index (χ4n) is 2.58. The molecule has 1 nitrogen and oxygen atoms in total. The molecule has 0 spiro atoms. The van der Waals surface area contributed by atoms with Crippen LogP contribution in [0.5, 0.6) is 0 Å². The smallest absolute Gasteiger partial charge is 0.123 e. The minimum Gasteiger partial charge on any atom is -0.316 e. The highest BCUT2D eigenvalue weighted by atomic mass is 19.1. The summed E-state index contributed by atoms with van der Waals surface area (Å²) in [7, 11) is 0. The maximum Gasteiger partial charge on any atom is 0.123 e. The summed E-state index contributed by atoms with van der Waals surface area (Å²) in [4.78, 5) is 0. The third kappa shape index (κ3) is 4.98. The van der Waals surface area contributed by atoms with Crippen LogP contribution in [0.4, 0.5) is 4.39 Å². The summed E-state index contributed by atoms with van der Waals surface area (Å²) in [6.45, 7) is 6.42. The molecule has 2 heteroatoms. The molecule has 0 heterocycles. The molecule has 0 amide bonds. The predicted molar refractivity (Wildman–Crippen MR) is 87.0 cm³/mol. The van der Waals surface area contributed by atoms with Crippen molar-refractivity contribution in [1.29, 1.82) is 0 Å². The lowest BCUT2D eigenvalue weighted by Crippen LogP contribution is -2.26. The second-order valence-electron chi connectivity index (χ2n) is 5.84. The van der Waals surface area contributed by atoms with E-state index in [9.17, 15) is 4.39 Å². The van der Waals surface area contributed by atoms with Gasteiger partial charge in [-0.2, -0.15) is 0 Å². The van der Waals surface area contributed by atoms with Crippen molar-refractivity contribution in [3.8, 4) is 0 Å². The topological polar surface area (TPSA) is 12.0 Å². The Morgan fingerprint density at radius 3 is 2.24 bits per heavy atom. The molecule has 2 rings (SSSR count). The zero-order valence-electron chi connectivity index (χ0n) is 12.9. The van der Waals surface area contributed by atoms with Crippen molar-refractivity contribution < 1.29 is 4.39 Å². The normalized spacial score (nSPS) is 12.6. The Labute approximate surface area is 127 Å². The highest BCUT2D eigenvalue weighted by molar-refractivity contribution is 5.20. The lowest BCUT2D eigenvalue weighted by molar-refractivity contribution is 0.463. The Morgan fingerprint density at radius 2 is 1.62 bits per heavy atom. The molecule has 0 bridgehead atoms. The first kappa shape index (κ1) is 15.7. The van der Waals surface area contributed by atoms with Gasteiger partial charge in [0.1, 0.15) is 5.82 Å². The Morgan fingerprint density at radius 1 is 0.952 bits per heavy atom. The quantitative estimate of drug-likeness (QED) is 0.744. The van der Waals surface area contributed by atoms with Gasteiger partial charge in [0, 0.05) is 6.54 Å². The van der Waals surface area contributed by atoms with Crippen molar-refractivity contribution in [2.75, 3.05) is 13.1 Å². The number of hydrogen-bond acceptors (Lipinski definition) is 1. The number of benzene rings is 2. The minimum atomic E-state index is -0.171. The van der Waals surface area contributed by atoms with Crippen LogP contribution in [0.3, 0.4) is 0 Å². The Hall–Kier alpha value is -1.67. The third-order valence-electron chi connectivity index (χ3n) is 3.90. The molecule has 1 N–H and O–H groups in total. The van der Waals surface area contributed by atoms with E-state index in [0.29, 0.717) is 11.8 Å². The van der Waals surface area contributed by atoms with Crippen LogP contribution in [0, 0.1) is 11.7 Å². The first-order chi connectivity index (χ1) is 10.2. The van der Waals surface area contributed by atoms with Crippen LogP contribution in [0.1, 0.15) is 30.9 Å². The van der Waals surface area contributed by atoms with Gasteiger partial charge in [-0.25, -0.2) is 4.39 Å². The molecule has 0 saturated heterocycles. The average molecular weight is 285 g/mol. The summed E-state index contributed by atoms with van der Waals surface area (Å²) in [6, 6.07) is 17.4. The van der Waals surface area contributed by atoms with Gasteiger partial charge in [0.05, 0.1) is 0 Å². The highest BCUT2D eigenvalue weighted by Gasteiger charge is 2.14. The van der Waals surface area contributed by atoms with Gasteiger partial charge in [-0.15, -0.1) is 0 Å². The van der Waals surface area contributed by atoms with Gasteiger partial charge in [-0.05, 0) is 48.1 Å². The molecular formula is C19H24FN. The summed E-state index contributed by atoms with van der Waals surface area (Å²) in [5.74, 6) is 0.959. The largest absolute Gasteiger partial charge is 0.316 e. The third-order valence-corrected chi connectivity index (χ3v) is 3.90. The summed E-state index contributed by atoms with van der Waals surface area (Å²) >= 11 is 0. The van der Waals surface area contributed by atoms with Crippen LogP contribution in [0.2, 0.25) is 0 Å². The van der Waals surface area contributed by atoms with Crippen molar-refractivity contribution >= 4 is 0 Å². The van der Waals surface area contributed by atoms with Crippen LogP contribution >= 0.6 is 0 Å². The van der Waals surface area contributed by atoms with Gasteiger partial charge in [0.15, 0.2) is 0 Å². The molecule has 1 atom stereocenters. The standard InChI is InChI=1S/C19H24FN/c1-15(2)19(17-6-4-3-5-7-17)14-21-13-12-16-8-10-18(20)11-9-16/h3-11,15,19,21H,12-14H2,1-2H3. The molecule has 0 aliphatic rings. The molecular weight excluding hydrogens is 261 g/mol. The summed E-state index contributed by atoms with van der Waals surface area (Å²) < 4.78 is 12.8. The van der Waals surface area contributed by atoms with E-state index in [4.69, 9.17) is 0 Å². The lowest BCUT2D eigenvalue weighted by atomic mass is 9.88. The molecule has 2 aromatic rings. The lowest BCUT2D eigenvalue weighted by Gasteiger charge is -2.22. The van der Waals surface area contributed by atoms with E-state index in [0.717, 1.165) is 19.5 Å². The van der Waals surface area contributed by atoms with Crippen LogP contribution in [0.15, 0.2) is 54.6 Å². The van der Waals surface area contributed by atoms with Crippen LogP contribution < -0.4 is 5.32 Å². The molecule has 112 valence electrons. The van der Waals surface area contributed by atoms with E-state index in [1.54, 1.807) is 0 Å². The van der Waals surface area contributed by atoms with E-state index < -0.39 is 0 Å². The number of nitrogens with one attached hydrogen (secondary N) is 1. The van der Waals surface area contributed by atoms with E-state index >= 15 is 0 Å². The fourth-order valence-corrected chi connectivity index (χ4v) is 2.58. The summed E-state index contributed by atoms with van der Waals surface area (Å²) in [5, 5.41) is 3.53. The summed E-state index contributed by atoms with van der Waals surface area (Å²) in [5.41, 5.74) is 2.56. The molecule has 2 aromatic carbocycles. The SMILES string of the molecule is CC(C)C(CNCCc1ccc(F)cc1)c1ccccc1. The first-order valence-corrected chi connectivity index (χ1v) is 7.67. The molecule has 0 fully saturated rings. The average Bonchev–Trinajstić information content (AvgIpc) is 2.49. The van der Waals surface area contributed by atoms with E-state index in [-0.39, 0.29) is 5.82 Å². The van der Waals surface area contributed by atoms with Crippen molar-refractivity contribution in [2.24, 2.45) is 5.92 Å². The van der Waals surface area contributed by atoms with Crippen molar-refractivity contribution in [3.05, 3.63) is 71.5 Å². The molecule has 1 unspecified atom stereocenters. The second kappa shape index (κ2) is 7.94. The number of rotatable bonds is 7. The van der Waals surface area contributed by atoms with Gasteiger partial charge in [-0.3, -0.25) is 0 Å². The van der Waals surface area contributed by atoms with Gasteiger partial charge in [0.25, 0.3) is 0 Å². The maximum absolute atomic E-state index is 12.8. The van der Waals surface area contributed by atoms with Crippen molar-refractivity contribution in [1.82, 2.24) is 5.32 Å². The minimum absolute atomic E-state index is 0.171. The predicted octanol–water partition coefficient (Wildman–Crippen LogP) is 4.40. The highest BCUT2D eigenvalue weighted by Crippen LogP contribution is 2.23. The van der Waals surface area contributed by atoms with Gasteiger partial charge in [-0.1, -0.05) is 56.3 Å². The molecule has 0 aliphatic carbocycles. The zero-order valence-corrected chi connectivity index (χ0v) is 12.9. The molecule has 0 radical (unpaired) electrons. The first-order valence-electron chi connectivity index (χ1n) is 7.67. The molecule has 21 heavy (non-hydrogen) atoms. The van der Waals surface area contributed by atoms with E-state index in [1.807, 2.05) is 12.1 Å². The van der Waals surface area contributed by atoms with Crippen molar-refractivity contribution in [3.63, 3.8) is 0 Å². The number of halogens is 1. The Bertz CT molecular complexity index is 519. The van der Waals surface area contributed by atoms with Gasteiger partial charge < -0.3 is 5.32 Å². The second-order valence-corrected chi connectivity index (χ2v) is 5.84. The molecule has 0 saturated carbocycles. The molecule has 0 aliphatic heterocycles. The zero-order chi connectivity index (χ0) is 15.1.